The first kappa shape index (κ1) is 16.6. The molecular weight excluding hydrogens is 332 g/mol. The second-order valence-electron chi connectivity index (χ2n) is 5.51. The lowest BCUT2D eigenvalue weighted by atomic mass is 9.93. The van der Waals surface area contributed by atoms with Crippen molar-refractivity contribution in [3.8, 4) is 11.5 Å². The van der Waals surface area contributed by atoms with Crippen molar-refractivity contribution in [2.45, 2.75) is 19.4 Å². The van der Waals surface area contributed by atoms with Crippen LogP contribution in [-0.2, 0) is 0 Å². The number of nitrogens with one attached hydrogen (secondary N) is 1. The molecule has 0 spiro atoms. The summed E-state index contributed by atoms with van der Waals surface area (Å²) in [5.74, 6) is 2.17. The summed E-state index contributed by atoms with van der Waals surface area (Å²) in [5.41, 5.74) is 1.27. The van der Waals surface area contributed by atoms with Crippen molar-refractivity contribution in [3.63, 3.8) is 0 Å². The van der Waals surface area contributed by atoms with Crippen LogP contribution in [0.5, 0.6) is 11.5 Å². The molecule has 1 aliphatic heterocycles. The topological polar surface area (TPSA) is 33.7 Å². The van der Waals surface area contributed by atoms with Crippen molar-refractivity contribution < 1.29 is 9.47 Å². The molecule has 4 nitrogen and oxygen atoms in total. The first-order valence-corrected chi connectivity index (χ1v) is 8.24. The van der Waals surface area contributed by atoms with Crippen LogP contribution in [-0.4, -0.2) is 45.8 Å². The van der Waals surface area contributed by atoms with Crippen LogP contribution >= 0.6 is 15.9 Å². The maximum Gasteiger partial charge on any atom is 0.161 e. The van der Waals surface area contributed by atoms with Gasteiger partial charge in [0.25, 0.3) is 0 Å². The summed E-state index contributed by atoms with van der Waals surface area (Å²) in [7, 11) is 5.55. The highest BCUT2D eigenvalue weighted by atomic mass is 79.9. The molecule has 0 aliphatic carbocycles. The molecular formula is C16H25BrN2O2. The average molecular weight is 357 g/mol. The third-order valence-electron chi connectivity index (χ3n) is 4.25. The summed E-state index contributed by atoms with van der Waals surface area (Å²) >= 11 is 3.70. The van der Waals surface area contributed by atoms with Crippen LogP contribution < -0.4 is 14.8 Å². The number of benzene rings is 1. The van der Waals surface area contributed by atoms with E-state index >= 15 is 0 Å². The Morgan fingerprint density at radius 2 is 1.95 bits per heavy atom. The molecule has 2 atom stereocenters. The van der Waals surface area contributed by atoms with Gasteiger partial charge < -0.3 is 14.8 Å². The Morgan fingerprint density at radius 1 is 1.29 bits per heavy atom. The second-order valence-corrected chi connectivity index (χ2v) is 6.36. The number of halogens is 1. The highest BCUT2D eigenvalue weighted by Crippen LogP contribution is 2.43. The molecule has 1 saturated heterocycles. The van der Waals surface area contributed by atoms with E-state index in [9.17, 15) is 0 Å². The van der Waals surface area contributed by atoms with Crippen molar-refractivity contribution >= 4 is 15.9 Å². The lowest BCUT2D eigenvalue weighted by Crippen LogP contribution is -2.28. The maximum absolute atomic E-state index is 5.46. The van der Waals surface area contributed by atoms with Gasteiger partial charge in [-0.1, -0.05) is 22.9 Å². The maximum atomic E-state index is 5.46. The summed E-state index contributed by atoms with van der Waals surface area (Å²) in [4.78, 5) is 2.42. The second kappa shape index (κ2) is 7.47. The zero-order chi connectivity index (χ0) is 15.4. The minimum Gasteiger partial charge on any atom is -0.493 e. The van der Waals surface area contributed by atoms with E-state index in [2.05, 4.69) is 46.2 Å². The molecule has 0 amide bonds. The number of rotatable bonds is 6. The average Bonchev–Trinajstić information content (AvgIpc) is 2.85. The third kappa shape index (κ3) is 3.52. The number of nitrogens with zero attached hydrogens (tertiary/aromatic N) is 1. The van der Waals surface area contributed by atoms with Gasteiger partial charge in [0, 0.05) is 10.5 Å². The van der Waals surface area contributed by atoms with Crippen LogP contribution in [0.1, 0.15) is 24.9 Å². The monoisotopic (exact) mass is 356 g/mol. The van der Waals surface area contributed by atoms with Gasteiger partial charge in [-0.3, -0.25) is 4.90 Å². The Labute approximate surface area is 135 Å². The highest BCUT2D eigenvalue weighted by Gasteiger charge is 2.34. The minimum absolute atomic E-state index is 0.401. The Kier molecular flexibility index (Phi) is 5.90. The van der Waals surface area contributed by atoms with Crippen LogP contribution in [0, 0.1) is 5.92 Å². The first-order chi connectivity index (χ1) is 10.1. The van der Waals surface area contributed by atoms with Gasteiger partial charge in [-0.05, 0) is 56.7 Å². The Bertz CT molecular complexity index is 482. The number of methoxy groups -OCH3 is 2. The fourth-order valence-electron chi connectivity index (χ4n) is 3.16. The van der Waals surface area contributed by atoms with Gasteiger partial charge in [-0.25, -0.2) is 0 Å². The summed E-state index contributed by atoms with van der Waals surface area (Å²) < 4.78 is 11.9. The quantitative estimate of drug-likeness (QED) is 0.849. The SMILES string of the molecule is CCNCC1CCN(C)C1c1cc(OC)c(OC)cc1Br. The first-order valence-electron chi connectivity index (χ1n) is 7.44. The van der Waals surface area contributed by atoms with E-state index in [0.29, 0.717) is 12.0 Å². The van der Waals surface area contributed by atoms with E-state index in [-0.39, 0.29) is 0 Å². The predicted octanol–water partition coefficient (Wildman–Crippen LogP) is 3.07. The molecule has 1 aromatic carbocycles. The largest absolute Gasteiger partial charge is 0.493 e. The number of likely N-dealkylation sites (tertiary alicyclic amines) is 1. The number of ether oxygens (including phenoxy) is 2. The van der Waals surface area contributed by atoms with Crippen LogP contribution in [0.3, 0.4) is 0 Å². The molecule has 1 fully saturated rings. The van der Waals surface area contributed by atoms with E-state index < -0.39 is 0 Å². The zero-order valence-electron chi connectivity index (χ0n) is 13.3. The molecule has 1 aliphatic rings. The van der Waals surface area contributed by atoms with Crippen molar-refractivity contribution in [2.24, 2.45) is 5.92 Å². The Balaban J connectivity index is 2.34. The molecule has 0 aromatic heterocycles. The Morgan fingerprint density at radius 3 is 2.57 bits per heavy atom. The van der Waals surface area contributed by atoms with Crippen LogP contribution in [0.4, 0.5) is 0 Å². The third-order valence-corrected chi connectivity index (χ3v) is 4.94. The van der Waals surface area contributed by atoms with Gasteiger partial charge in [-0.2, -0.15) is 0 Å². The van der Waals surface area contributed by atoms with Gasteiger partial charge in [-0.15, -0.1) is 0 Å². The molecule has 0 saturated carbocycles. The molecule has 1 aromatic rings. The van der Waals surface area contributed by atoms with Crippen molar-refractivity contribution in [1.29, 1.82) is 0 Å². The molecule has 1 N–H and O–H groups in total. The minimum atomic E-state index is 0.401. The van der Waals surface area contributed by atoms with Crippen molar-refractivity contribution in [2.75, 3.05) is 40.9 Å². The fraction of sp³-hybridized carbons (Fsp3) is 0.625. The summed E-state index contributed by atoms with van der Waals surface area (Å²) in [6.45, 7) is 5.34. The van der Waals surface area contributed by atoms with Crippen LogP contribution in [0.15, 0.2) is 16.6 Å². The number of hydrogen-bond donors (Lipinski definition) is 1. The molecule has 0 bridgehead atoms. The molecule has 2 unspecified atom stereocenters. The van der Waals surface area contributed by atoms with E-state index in [4.69, 9.17) is 9.47 Å². The molecule has 0 radical (unpaired) electrons. The standard InChI is InChI=1S/C16H25BrN2O2/c1-5-18-10-11-6-7-19(2)16(11)12-8-14(20-3)15(21-4)9-13(12)17/h8-9,11,16,18H,5-7,10H2,1-4H3. The van der Waals surface area contributed by atoms with Crippen molar-refractivity contribution in [3.05, 3.63) is 22.2 Å². The Hall–Kier alpha value is -0.780. The molecule has 1 heterocycles. The molecule has 2 rings (SSSR count). The van der Waals surface area contributed by atoms with E-state index in [1.54, 1.807) is 14.2 Å². The van der Waals surface area contributed by atoms with Gasteiger partial charge in [0.1, 0.15) is 0 Å². The molecule has 118 valence electrons. The smallest absolute Gasteiger partial charge is 0.161 e. The fourth-order valence-corrected chi connectivity index (χ4v) is 3.71. The van der Waals surface area contributed by atoms with Gasteiger partial charge in [0.15, 0.2) is 11.5 Å². The van der Waals surface area contributed by atoms with E-state index in [1.165, 1.54) is 12.0 Å². The molecule has 21 heavy (non-hydrogen) atoms. The van der Waals surface area contributed by atoms with Crippen molar-refractivity contribution in [1.82, 2.24) is 10.2 Å². The summed E-state index contributed by atoms with van der Waals surface area (Å²) in [6, 6.07) is 4.51. The van der Waals surface area contributed by atoms with Gasteiger partial charge in [0.2, 0.25) is 0 Å². The zero-order valence-corrected chi connectivity index (χ0v) is 14.9. The van der Waals surface area contributed by atoms with Gasteiger partial charge >= 0.3 is 0 Å². The van der Waals surface area contributed by atoms with E-state index in [1.807, 2.05) is 6.07 Å². The molecule has 5 heteroatoms. The predicted molar refractivity (Wildman–Crippen MR) is 89.3 cm³/mol. The van der Waals surface area contributed by atoms with E-state index in [0.717, 1.165) is 35.6 Å². The summed E-state index contributed by atoms with van der Waals surface area (Å²) in [6.07, 6.45) is 1.22. The lowest BCUT2D eigenvalue weighted by Gasteiger charge is -2.27. The van der Waals surface area contributed by atoms with Crippen LogP contribution in [0.2, 0.25) is 0 Å². The van der Waals surface area contributed by atoms with Crippen LogP contribution in [0.25, 0.3) is 0 Å². The number of hydrogen-bond acceptors (Lipinski definition) is 4. The summed E-state index contributed by atoms with van der Waals surface area (Å²) in [5, 5.41) is 3.48. The highest BCUT2D eigenvalue weighted by molar-refractivity contribution is 9.10. The normalized spacial score (nSPS) is 22.5. The lowest BCUT2D eigenvalue weighted by molar-refractivity contribution is 0.270. The van der Waals surface area contributed by atoms with Gasteiger partial charge in [0.05, 0.1) is 14.2 Å².